The van der Waals surface area contributed by atoms with Crippen molar-refractivity contribution in [3.05, 3.63) is 11.1 Å². The van der Waals surface area contributed by atoms with Crippen LogP contribution in [-0.2, 0) is 0 Å². The van der Waals surface area contributed by atoms with Crippen LogP contribution in [0, 0.1) is 17.2 Å². The Labute approximate surface area is 106 Å². The summed E-state index contributed by atoms with van der Waals surface area (Å²) in [5.41, 5.74) is 0. The molecule has 1 N–H and O–H groups in total. The van der Waals surface area contributed by atoms with Crippen LogP contribution in [0.15, 0.2) is 6.20 Å². The molecule has 1 atom stereocenters. The molecule has 0 aromatic carbocycles. The van der Waals surface area contributed by atoms with Gasteiger partial charge in [-0.05, 0) is 38.8 Å². The molecule has 2 rings (SSSR count). The zero-order valence-electron chi connectivity index (χ0n) is 10.1. The van der Waals surface area contributed by atoms with Gasteiger partial charge in [-0.15, -0.1) is 0 Å². The predicted octanol–water partition coefficient (Wildman–Crippen LogP) is 2.16. The maximum Gasteiger partial charge on any atom is 0.183 e. The molecule has 1 aliphatic rings. The largest absolute Gasteiger partial charge is 0.361 e. The number of nitrogens with zero attached hydrogens (tertiary/aromatic N) is 3. The molecule has 0 radical (unpaired) electrons. The van der Waals surface area contributed by atoms with Crippen molar-refractivity contribution in [3.8, 4) is 6.07 Å². The first kappa shape index (κ1) is 12.3. The second-order valence-electron chi connectivity index (χ2n) is 4.63. The maximum absolute atomic E-state index is 8.70. The lowest BCUT2D eigenvalue weighted by atomic mass is 9.95. The number of anilines is 1. The Morgan fingerprint density at radius 3 is 3.29 bits per heavy atom. The fraction of sp³-hybridized carbons (Fsp3) is 0.667. The lowest BCUT2D eigenvalue weighted by Gasteiger charge is -2.29. The summed E-state index contributed by atoms with van der Waals surface area (Å²) in [7, 11) is 2.19. The Hall–Kier alpha value is -1.12. The molecule has 2 heterocycles. The van der Waals surface area contributed by atoms with Crippen molar-refractivity contribution >= 4 is 16.5 Å². The minimum Gasteiger partial charge on any atom is -0.361 e. The molecule has 0 aliphatic carbocycles. The van der Waals surface area contributed by atoms with Crippen LogP contribution in [0.1, 0.15) is 24.1 Å². The monoisotopic (exact) mass is 250 g/mol. The zero-order chi connectivity index (χ0) is 12.1. The van der Waals surface area contributed by atoms with Gasteiger partial charge in [0, 0.05) is 13.1 Å². The first-order valence-electron chi connectivity index (χ1n) is 6.06. The van der Waals surface area contributed by atoms with Gasteiger partial charge < -0.3 is 10.2 Å². The number of nitrogens with one attached hydrogen (secondary N) is 1. The molecule has 5 heteroatoms. The molecule has 0 amide bonds. The number of nitriles is 1. The molecule has 1 fully saturated rings. The van der Waals surface area contributed by atoms with Gasteiger partial charge in [0.1, 0.15) is 10.9 Å². The molecule has 1 aromatic rings. The Morgan fingerprint density at radius 2 is 2.59 bits per heavy atom. The minimum absolute atomic E-state index is 0.671. The van der Waals surface area contributed by atoms with Crippen molar-refractivity contribution < 1.29 is 0 Å². The van der Waals surface area contributed by atoms with Gasteiger partial charge in [0.15, 0.2) is 5.13 Å². The van der Waals surface area contributed by atoms with Gasteiger partial charge in [-0.3, -0.25) is 0 Å². The summed E-state index contributed by atoms with van der Waals surface area (Å²) in [4.78, 5) is 7.24. The summed E-state index contributed by atoms with van der Waals surface area (Å²) < 4.78 is 0. The molecular weight excluding hydrogens is 232 g/mol. The van der Waals surface area contributed by atoms with E-state index in [-0.39, 0.29) is 0 Å². The normalized spacial score (nSPS) is 21.1. The van der Waals surface area contributed by atoms with E-state index < -0.39 is 0 Å². The summed E-state index contributed by atoms with van der Waals surface area (Å²) >= 11 is 1.43. The Kier molecular flexibility index (Phi) is 4.35. The van der Waals surface area contributed by atoms with Gasteiger partial charge in [0.25, 0.3) is 0 Å². The summed E-state index contributed by atoms with van der Waals surface area (Å²) in [6, 6.07) is 2.10. The molecule has 1 unspecified atom stereocenters. The van der Waals surface area contributed by atoms with Gasteiger partial charge in [-0.1, -0.05) is 11.3 Å². The van der Waals surface area contributed by atoms with Gasteiger partial charge in [0.2, 0.25) is 0 Å². The van der Waals surface area contributed by atoms with Gasteiger partial charge in [-0.25, -0.2) is 4.98 Å². The Bertz CT molecular complexity index is 395. The van der Waals surface area contributed by atoms with Crippen molar-refractivity contribution in [3.63, 3.8) is 0 Å². The lowest BCUT2D eigenvalue weighted by molar-refractivity contribution is 0.205. The van der Waals surface area contributed by atoms with Crippen LogP contribution < -0.4 is 5.32 Å². The van der Waals surface area contributed by atoms with Crippen LogP contribution in [-0.4, -0.2) is 36.6 Å². The number of rotatable bonds is 4. The Morgan fingerprint density at radius 1 is 1.71 bits per heavy atom. The minimum atomic E-state index is 0.671. The lowest BCUT2D eigenvalue weighted by Crippen LogP contribution is -2.32. The van der Waals surface area contributed by atoms with E-state index in [1.54, 1.807) is 6.20 Å². The summed E-state index contributed by atoms with van der Waals surface area (Å²) in [5.74, 6) is 0.802. The predicted molar refractivity (Wildman–Crippen MR) is 70.2 cm³/mol. The summed E-state index contributed by atoms with van der Waals surface area (Å²) in [5, 5.41) is 12.9. The third-order valence-corrected chi connectivity index (χ3v) is 4.03. The summed E-state index contributed by atoms with van der Waals surface area (Å²) in [6.45, 7) is 3.40. The van der Waals surface area contributed by atoms with E-state index in [4.69, 9.17) is 5.26 Å². The van der Waals surface area contributed by atoms with Crippen molar-refractivity contribution in [1.29, 1.82) is 5.26 Å². The molecule has 1 aromatic heterocycles. The first-order valence-corrected chi connectivity index (χ1v) is 6.88. The van der Waals surface area contributed by atoms with E-state index in [0.29, 0.717) is 4.88 Å². The van der Waals surface area contributed by atoms with E-state index in [2.05, 4.69) is 28.3 Å². The van der Waals surface area contributed by atoms with Crippen molar-refractivity contribution in [1.82, 2.24) is 9.88 Å². The molecule has 92 valence electrons. The number of hydrogen-bond acceptors (Lipinski definition) is 5. The third-order valence-electron chi connectivity index (χ3n) is 3.17. The van der Waals surface area contributed by atoms with Crippen molar-refractivity contribution in [2.24, 2.45) is 5.92 Å². The molecule has 4 nitrogen and oxygen atoms in total. The van der Waals surface area contributed by atoms with E-state index in [1.165, 1.54) is 43.7 Å². The molecule has 17 heavy (non-hydrogen) atoms. The Balaban J connectivity index is 1.70. The number of aromatic nitrogens is 1. The zero-order valence-corrected chi connectivity index (χ0v) is 11.0. The van der Waals surface area contributed by atoms with Crippen molar-refractivity contribution in [2.45, 2.75) is 19.3 Å². The van der Waals surface area contributed by atoms with Crippen LogP contribution in [0.25, 0.3) is 0 Å². The van der Waals surface area contributed by atoms with Crippen LogP contribution in [0.3, 0.4) is 0 Å². The number of likely N-dealkylation sites (tertiary alicyclic amines) is 1. The van der Waals surface area contributed by atoms with E-state index >= 15 is 0 Å². The first-order chi connectivity index (χ1) is 8.28. The topological polar surface area (TPSA) is 52.0 Å². The highest BCUT2D eigenvalue weighted by Crippen LogP contribution is 2.20. The standard InChI is InChI=1S/C12H18N4S/c1-16-6-2-3-10(9-16)4-5-14-12-15-8-11(7-13)17-12/h8,10H,2-6,9H2,1H3,(H,14,15). The number of thiazole rings is 1. The van der Waals surface area contributed by atoms with Crippen LogP contribution in [0.2, 0.25) is 0 Å². The second kappa shape index (κ2) is 5.99. The highest BCUT2D eigenvalue weighted by molar-refractivity contribution is 7.16. The third kappa shape index (κ3) is 3.69. The molecule has 1 aliphatic heterocycles. The fourth-order valence-corrected chi connectivity index (χ4v) is 2.94. The van der Waals surface area contributed by atoms with Gasteiger partial charge in [-0.2, -0.15) is 5.26 Å². The van der Waals surface area contributed by atoms with Crippen molar-refractivity contribution in [2.75, 3.05) is 32.0 Å². The quantitative estimate of drug-likeness (QED) is 0.889. The molecular formula is C12H18N4S. The fourth-order valence-electron chi connectivity index (χ4n) is 2.30. The summed E-state index contributed by atoms with van der Waals surface area (Å²) in [6.07, 6.45) is 5.47. The molecule has 0 bridgehead atoms. The van der Waals surface area contributed by atoms with E-state index in [9.17, 15) is 0 Å². The number of hydrogen-bond donors (Lipinski definition) is 1. The van der Waals surface area contributed by atoms with E-state index in [0.717, 1.165) is 17.6 Å². The van der Waals surface area contributed by atoms with Gasteiger partial charge in [0.05, 0.1) is 6.20 Å². The SMILES string of the molecule is CN1CCCC(CCNc2ncc(C#N)s2)C1. The maximum atomic E-state index is 8.70. The highest BCUT2D eigenvalue weighted by Gasteiger charge is 2.16. The second-order valence-corrected chi connectivity index (χ2v) is 5.66. The number of piperidine rings is 1. The smallest absolute Gasteiger partial charge is 0.183 e. The van der Waals surface area contributed by atoms with Gasteiger partial charge >= 0.3 is 0 Å². The molecule has 0 saturated carbocycles. The van der Waals surface area contributed by atoms with Crippen LogP contribution in [0.5, 0.6) is 0 Å². The average molecular weight is 250 g/mol. The van der Waals surface area contributed by atoms with E-state index in [1.807, 2.05) is 0 Å². The van der Waals surface area contributed by atoms with Crippen LogP contribution in [0.4, 0.5) is 5.13 Å². The van der Waals surface area contributed by atoms with Crippen LogP contribution >= 0.6 is 11.3 Å². The molecule has 0 spiro atoms. The average Bonchev–Trinajstić information content (AvgIpc) is 2.77. The molecule has 1 saturated heterocycles. The highest BCUT2D eigenvalue weighted by atomic mass is 32.1.